The van der Waals surface area contributed by atoms with Crippen molar-refractivity contribution in [1.29, 1.82) is 0 Å². The number of nitrogens with one attached hydrogen (secondary N) is 2. The first kappa shape index (κ1) is 21.1. The van der Waals surface area contributed by atoms with Crippen molar-refractivity contribution >= 4 is 84.0 Å². The fraction of sp³-hybridized carbons (Fsp3) is 0.211. The summed E-state index contributed by atoms with van der Waals surface area (Å²) in [6, 6.07) is 10.9. The van der Waals surface area contributed by atoms with Crippen molar-refractivity contribution in [3.05, 3.63) is 45.9 Å². The molecule has 0 fully saturated rings. The van der Waals surface area contributed by atoms with Gasteiger partial charge in [-0.3, -0.25) is 9.59 Å². The molecule has 0 unspecified atom stereocenters. The number of hydrogen-bond acceptors (Lipinski definition) is 5. The van der Waals surface area contributed by atoms with Crippen molar-refractivity contribution in [2.75, 3.05) is 16.4 Å². The lowest BCUT2D eigenvalue weighted by Gasteiger charge is -2.06. The van der Waals surface area contributed by atoms with Gasteiger partial charge in [0.05, 0.1) is 26.7 Å². The first-order valence-corrected chi connectivity index (χ1v) is 11.5. The average molecular weight is 499 g/mol. The predicted octanol–water partition coefficient (Wildman–Crippen LogP) is 6.18. The molecule has 146 valence electrons. The Labute approximate surface area is 184 Å². The van der Waals surface area contributed by atoms with Crippen LogP contribution >= 0.6 is 50.6 Å². The number of benzene rings is 2. The van der Waals surface area contributed by atoms with E-state index in [1.165, 1.54) is 23.1 Å². The topological polar surface area (TPSA) is 71.1 Å². The van der Waals surface area contributed by atoms with Crippen molar-refractivity contribution in [3.63, 3.8) is 0 Å². The Morgan fingerprint density at radius 1 is 1.18 bits per heavy atom. The number of thioether (sulfide) groups is 1. The summed E-state index contributed by atoms with van der Waals surface area (Å²) < 4.78 is 2.61. The fourth-order valence-corrected chi connectivity index (χ4v) is 5.03. The summed E-state index contributed by atoms with van der Waals surface area (Å²) in [7, 11) is 0. The van der Waals surface area contributed by atoms with Crippen molar-refractivity contribution in [3.8, 4) is 0 Å². The molecule has 0 aliphatic carbocycles. The molecule has 0 radical (unpaired) electrons. The highest BCUT2D eigenvalue weighted by molar-refractivity contribution is 9.10. The maximum Gasteiger partial charge on any atom is 0.234 e. The molecule has 3 rings (SSSR count). The molecule has 0 bridgehead atoms. The summed E-state index contributed by atoms with van der Waals surface area (Å²) >= 11 is 12.3. The number of carbonyl (C=O) groups excluding carboxylic acids is 2. The maximum absolute atomic E-state index is 12.2. The van der Waals surface area contributed by atoms with E-state index in [1.54, 1.807) is 12.1 Å². The van der Waals surface area contributed by atoms with E-state index in [4.69, 9.17) is 11.6 Å². The summed E-state index contributed by atoms with van der Waals surface area (Å²) in [4.78, 5) is 28.5. The van der Waals surface area contributed by atoms with Crippen LogP contribution in [0, 0.1) is 0 Å². The monoisotopic (exact) mass is 497 g/mol. The molecule has 5 nitrogen and oxygen atoms in total. The molecule has 0 saturated heterocycles. The van der Waals surface area contributed by atoms with Crippen LogP contribution in [0.15, 0.2) is 45.2 Å². The van der Waals surface area contributed by atoms with Crippen LogP contribution in [0.2, 0.25) is 5.02 Å². The molecular weight excluding hydrogens is 482 g/mol. The van der Waals surface area contributed by atoms with Crippen LogP contribution in [0.5, 0.6) is 0 Å². The van der Waals surface area contributed by atoms with Gasteiger partial charge in [0.2, 0.25) is 11.8 Å². The van der Waals surface area contributed by atoms with Gasteiger partial charge in [0.15, 0.2) is 4.34 Å². The quantitative estimate of drug-likeness (QED) is 0.381. The Balaban J connectivity index is 1.61. The summed E-state index contributed by atoms with van der Waals surface area (Å²) in [6.07, 6.45) is 1.31. The zero-order valence-electron chi connectivity index (χ0n) is 14.9. The summed E-state index contributed by atoms with van der Waals surface area (Å²) in [5.74, 6) is 0.0805. The van der Waals surface area contributed by atoms with E-state index in [-0.39, 0.29) is 17.6 Å². The Bertz CT molecular complexity index is 1030. The highest BCUT2D eigenvalue weighted by Gasteiger charge is 2.11. The molecule has 2 amide bonds. The van der Waals surface area contributed by atoms with E-state index in [9.17, 15) is 9.59 Å². The number of carbonyl (C=O) groups is 2. The smallest absolute Gasteiger partial charge is 0.234 e. The number of halogens is 2. The van der Waals surface area contributed by atoms with Gasteiger partial charge in [-0.25, -0.2) is 4.98 Å². The van der Waals surface area contributed by atoms with Crippen LogP contribution in [-0.4, -0.2) is 22.6 Å². The minimum atomic E-state index is -0.152. The third kappa shape index (κ3) is 5.70. The molecule has 2 aromatic carbocycles. The van der Waals surface area contributed by atoms with Crippen LogP contribution < -0.4 is 10.6 Å². The van der Waals surface area contributed by atoms with Gasteiger partial charge in [-0.1, -0.05) is 46.2 Å². The Morgan fingerprint density at radius 2 is 2.00 bits per heavy atom. The molecule has 28 heavy (non-hydrogen) atoms. The van der Waals surface area contributed by atoms with Crippen molar-refractivity contribution < 1.29 is 9.59 Å². The first-order valence-electron chi connectivity index (χ1n) is 8.52. The van der Waals surface area contributed by atoms with Crippen LogP contribution in [-0.2, 0) is 9.59 Å². The molecule has 1 aromatic heterocycles. The Kier molecular flexibility index (Phi) is 7.34. The second-order valence-corrected chi connectivity index (χ2v) is 9.50. The zero-order valence-corrected chi connectivity index (χ0v) is 18.9. The Hall–Kier alpha value is -1.61. The van der Waals surface area contributed by atoms with Gasteiger partial charge in [0.1, 0.15) is 0 Å². The number of thiazole rings is 1. The minimum Gasteiger partial charge on any atom is -0.326 e. The number of anilines is 2. The van der Waals surface area contributed by atoms with Crippen LogP contribution in [0.4, 0.5) is 11.4 Å². The standard InChI is InChI=1S/C19H17BrClN3O2S2/c1-2-3-17(25)22-12-5-7-15-16(9-12)28-19(24-15)27-10-18(26)23-14-6-4-11(20)8-13(14)21/h4-9H,2-3,10H2,1H3,(H,22,25)(H,23,26). The largest absolute Gasteiger partial charge is 0.326 e. The molecule has 0 aliphatic heterocycles. The summed E-state index contributed by atoms with van der Waals surface area (Å²) in [6.45, 7) is 1.97. The molecule has 0 saturated carbocycles. The molecule has 2 N–H and O–H groups in total. The molecular formula is C19H17BrClN3O2S2. The maximum atomic E-state index is 12.2. The lowest BCUT2D eigenvalue weighted by atomic mass is 10.2. The molecule has 1 heterocycles. The number of aromatic nitrogens is 1. The predicted molar refractivity (Wildman–Crippen MR) is 122 cm³/mol. The fourth-order valence-electron chi connectivity index (χ4n) is 2.40. The van der Waals surface area contributed by atoms with E-state index in [0.29, 0.717) is 17.1 Å². The van der Waals surface area contributed by atoms with Gasteiger partial charge in [-0.05, 0) is 42.8 Å². The zero-order chi connectivity index (χ0) is 20.1. The van der Waals surface area contributed by atoms with Gasteiger partial charge in [-0.2, -0.15) is 0 Å². The average Bonchev–Trinajstić information content (AvgIpc) is 3.05. The lowest BCUT2D eigenvalue weighted by Crippen LogP contribution is -2.14. The van der Waals surface area contributed by atoms with E-state index in [0.717, 1.165) is 31.1 Å². The molecule has 0 aliphatic rings. The first-order chi connectivity index (χ1) is 13.4. The van der Waals surface area contributed by atoms with Gasteiger partial charge in [0.25, 0.3) is 0 Å². The van der Waals surface area contributed by atoms with E-state index >= 15 is 0 Å². The Morgan fingerprint density at radius 3 is 2.75 bits per heavy atom. The van der Waals surface area contributed by atoms with Gasteiger partial charge in [-0.15, -0.1) is 11.3 Å². The second-order valence-electron chi connectivity index (χ2n) is 5.92. The van der Waals surface area contributed by atoms with Gasteiger partial charge in [0, 0.05) is 16.6 Å². The normalized spacial score (nSPS) is 10.8. The van der Waals surface area contributed by atoms with E-state index < -0.39 is 0 Å². The van der Waals surface area contributed by atoms with Gasteiger partial charge >= 0.3 is 0 Å². The molecule has 0 atom stereocenters. The number of hydrogen-bond donors (Lipinski definition) is 2. The number of fused-ring (bicyclic) bond motifs is 1. The third-order valence-corrected chi connectivity index (χ3v) is 6.63. The highest BCUT2D eigenvalue weighted by Crippen LogP contribution is 2.32. The van der Waals surface area contributed by atoms with Crippen LogP contribution in [0.25, 0.3) is 10.2 Å². The highest BCUT2D eigenvalue weighted by atomic mass is 79.9. The summed E-state index contributed by atoms with van der Waals surface area (Å²) in [5, 5.41) is 6.16. The van der Waals surface area contributed by atoms with Crippen molar-refractivity contribution in [2.24, 2.45) is 0 Å². The van der Waals surface area contributed by atoms with Crippen LogP contribution in [0.1, 0.15) is 19.8 Å². The molecule has 9 heteroatoms. The van der Waals surface area contributed by atoms with Crippen molar-refractivity contribution in [1.82, 2.24) is 4.98 Å². The number of nitrogens with zero attached hydrogens (tertiary/aromatic N) is 1. The van der Waals surface area contributed by atoms with Crippen LogP contribution in [0.3, 0.4) is 0 Å². The number of rotatable bonds is 7. The molecule has 3 aromatic rings. The van der Waals surface area contributed by atoms with E-state index in [2.05, 4.69) is 31.5 Å². The molecule has 0 spiro atoms. The summed E-state index contributed by atoms with van der Waals surface area (Å²) in [5.41, 5.74) is 2.18. The second kappa shape index (κ2) is 9.73. The minimum absolute atomic E-state index is 0.00392. The lowest BCUT2D eigenvalue weighted by molar-refractivity contribution is -0.116. The van der Waals surface area contributed by atoms with Gasteiger partial charge < -0.3 is 10.6 Å². The number of amides is 2. The third-order valence-electron chi connectivity index (χ3n) is 3.66. The van der Waals surface area contributed by atoms with E-state index in [1.807, 2.05) is 31.2 Å². The van der Waals surface area contributed by atoms with Crippen molar-refractivity contribution in [2.45, 2.75) is 24.1 Å². The SMILES string of the molecule is CCCC(=O)Nc1ccc2nc(SCC(=O)Nc3ccc(Br)cc3Cl)sc2c1.